The number of aliphatic hydroxyl groups is 1. The van der Waals surface area contributed by atoms with Gasteiger partial charge in [-0.05, 0) is 41.8 Å². The molecule has 0 radical (unpaired) electrons. The third-order valence-corrected chi connectivity index (χ3v) is 8.60. The fourth-order valence-corrected chi connectivity index (χ4v) is 6.17. The van der Waals surface area contributed by atoms with Gasteiger partial charge >= 0.3 is 11.9 Å². The molecule has 14 heteroatoms. The Morgan fingerprint density at radius 2 is 1.80 bits per heavy atom. The lowest BCUT2D eigenvalue weighted by Crippen LogP contribution is -2.55. The van der Waals surface area contributed by atoms with Crippen LogP contribution in [0.3, 0.4) is 0 Å². The maximum absolute atomic E-state index is 12.3. The molecule has 5 aliphatic rings. The van der Waals surface area contributed by atoms with E-state index >= 15 is 0 Å². The summed E-state index contributed by atoms with van der Waals surface area (Å²) >= 11 is 3.01. The highest BCUT2D eigenvalue weighted by molar-refractivity contribution is 9.09. The second-order valence-electron chi connectivity index (χ2n) is 10.7. The third kappa shape index (κ3) is 6.19. The van der Waals surface area contributed by atoms with Crippen molar-refractivity contribution in [3.63, 3.8) is 0 Å². The van der Waals surface area contributed by atoms with Crippen LogP contribution in [-0.4, -0.2) is 88.0 Å². The quantitative estimate of drug-likeness (QED) is 0.271. The molecule has 0 spiro atoms. The molecule has 3 fully saturated rings. The van der Waals surface area contributed by atoms with Crippen LogP contribution in [0.5, 0.6) is 28.7 Å². The van der Waals surface area contributed by atoms with Gasteiger partial charge in [0.15, 0.2) is 29.3 Å². The molecule has 3 saturated heterocycles. The molecule has 0 amide bonds. The molecule has 2 aromatic carbocycles. The summed E-state index contributed by atoms with van der Waals surface area (Å²) in [6.07, 6.45) is -1.72. The highest BCUT2D eigenvalue weighted by Crippen LogP contribution is 2.49. The van der Waals surface area contributed by atoms with Gasteiger partial charge in [0.05, 0.1) is 45.6 Å². The van der Waals surface area contributed by atoms with Crippen molar-refractivity contribution in [1.82, 2.24) is 0 Å². The first kappa shape index (κ1) is 30.9. The number of benzene rings is 2. The lowest BCUT2D eigenvalue weighted by Gasteiger charge is -2.43. The number of halogens is 1. The highest BCUT2D eigenvalue weighted by atomic mass is 79.9. The van der Waals surface area contributed by atoms with Crippen LogP contribution in [0.4, 0.5) is 0 Å². The first-order valence-electron chi connectivity index (χ1n) is 14.1. The monoisotopic (exact) mass is 680 g/mol. The fourth-order valence-electron chi connectivity index (χ4n) is 6.05. The van der Waals surface area contributed by atoms with E-state index in [1.54, 1.807) is 18.2 Å². The van der Waals surface area contributed by atoms with Crippen molar-refractivity contribution in [3.8, 4) is 28.7 Å². The first-order valence-corrected chi connectivity index (χ1v) is 15.3. The molecule has 13 nitrogen and oxygen atoms in total. The Kier molecular flexibility index (Phi) is 9.45. The molecule has 44 heavy (non-hydrogen) atoms. The highest BCUT2D eigenvalue weighted by Gasteiger charge is 2.50. The summed E-state index contributed by atoms with van der Waals surface area (Å²) in [5, 5.41) is 10.6. The second kappa shape index (κ2) is 13.5. The minimum absolute atomic E-state index is 0.118. The van der Waals surface area contributed by atoms with Crippen molar-refractivity contribution in [2.45, 2.75) is 43.5 Å². The van der Waals surface area contributed by atoms with Crippen LogP contribution in [0.15, 0.2) is 30.3 Å². The lowest BCUT2D eigenvalue weighted by atomic mass is 9.75. The predicted molar refractivity (Wildman–Crippen MR) is 152 cm³/mol. The number of fused-ring (bicyclic) bond motifs is 4. The maximum Gasteiger partial charge on any atom is 0.322 e. The zero-order chi connectivity index (χ0) is 30.8. The molecule has 2 aromatic rings. The summed E-state index contributed by atoms with van der Waals surface area (Å²) in [4.78, 5) is 23.4. The molecule has 7 atom stereocenters. The zero-order valence-electron chi connectivity index (χ0n) is 24.1. The number of carbonyl (C=O) groups is 2. The number of aliphatic hydroxyl groups excluding tert-OH is 1. The van der Waals surface area contributed by atoms with Gasteiger partial charge in [0.25, 0.3) is 0 Å². The van der Waals surface area contributed by atoms with Crippen molar-refractivity contribution < 1.29 is 62.1 Å². The van der Waals surface area contributed by atoms with Crippen molar-refractivity contribution in [2.24, 2.45) is 11.8 Å². The van der Waals surface area contributed by atoms with Gasteiger partial charge in [0, 0.05) is 12.3 Å². The van der Waals surface area contributed by atoms with Crippen LogP contribution in [0.2, 0.25) is 0 Å². The SMILES string of the molecule is COc1cccc(OC)c1OC(=O)CBr.O=C1OCC2C1Cc1cc3c(cc1C2OC1CC(O)C2OCOCC2O1)OCO3. The first-order chi connectivity index (χ1) is 21.4. The summed E-state index contributed by atoms with van der Waals surface area (Å²) in [5.74, 6) is 1.57. The summed E-state index contributed by atoms with van der Waals surface area (Å²) < 4.78 is 54.8. The Morgan fingerprint density at radius 3 is 2.52 bits per heavy atom. The van der Waals surface area contributed by atoms with Crippen LogP contribution in [0, 0.1) is 11.8 Å². The molecular weight excluding hydrogens is 648 g/mol. The zero-order valence-corrected chi connectivity index (χ0v) is 25.7. The van der Waals surface area contributed by atoms with Crippen LogP contribution in [0.1, 0.15) is 23.7 Å². The summed E-state index contributed by atoms with van der Waals surface area (Å²) in [6.45, 7) is 0.976. The van der Waals surface area contributed by atoms with Gasteiger partial charge in [0.2, 0.25) is 12.5 Å². The lowest BCUT2D eigenvalue weighted by molar-refractivity contribution is -0.319. The van der Waals surface area contributed by atoms with Crippen LogP contribution in [-0.2, 0) is 39.7 Å². The molecule has 7 unspecified atom stereocenters. The number of hydrogen-bond donors (Lipinski definition) is 1. The number of alkyl halides is 1. The maximum atomic E-state index is 12.3. The number of hydrogen-bond acceptors (Lipinski definition) is 13. The van der Waals surface area contributed by atoms with Gasteiger partial charge in [-0.25, -0.2) is 0 Å². The number of cyclic esters (lactones) is 1. The molecule has 0 aromatic heterocycles. The number of ether oxygens (including phenoxy) is 10. The molecule has 238 valence electrons. The van der Waals surface area contributed by atoms with E-state index < -0.39 is 36.7 Å². The van der Waals surface area contributed by atoms with E-state index in [1.165, 1.54) is 14.2 Å². The predicted octanol–water partition coefficient (Wildman–Crippen LogP) is 2.67. The van der Waals surface area contributed by atoms with E-state index in [0.717, 1.165) is 11.1 Å². The van der Waals surface area contributed by atoms with Crippen LogP contribution >= 0.6 is 15.9 Å². The standard InChI is InChI=1S/C20H22O9.C10H11BrO4/c21-13-4-17(28-16-6-23-7-27-19(13)16)29-18-10-3-15-14(25-8-26-15)2-9(10)1-11-12(18)5-24-20(11)22;1-13-7-4-3-5-8(14-2)10(7)15-9(12)6-11/h2-3,11-13,16-19,21H,1,4-8H2;3-5H,6H2,1-2H3. The second-order valence-corrected chi connectivity index (χ2v) is 11.3. The Labute approximate surface area is 261 Å². The number of para-hydroxylation sites is 1. The van der Waals surface area contributed by atoms with Crippen LogP contribution < -0.4 is 23.7 Å². The van der Waals surface area contributed by atoms with E-state index in [1.807, 2.05) is 12.1 Å². The minimum Gasteiger partial charge on any atom is -0.493 e. The van der Waals surface area contributed by atoms with Gasteiger partial charge < -0.3 is 52.5 Å². The molecule has 4 heterocycles. The van der Waals surface area contributed by atoms with Crippen LogP contribution in [0.25, 0.3) is 0 Å². The summed E-state index contributed by atoms with van der Waals surface area (Å²) in [5.41, 5.74) is 1.93. The van der Waals surface area contributed by atoms with E-state index in [9.17, 15) is 14.7 Å². The molecule has 1 aliphatic carbocycles. The Hall–Kier alpha value is -3.14. The van der Waals surface area contributed by atoms with Gasteiger partial charge in [-0.15, -0.1) is 0 Å². The van der Waals surface area contributed by atoms with Crippen molar-refractivity contribution in [3.05, 3.63) is 41.5 Å². The largest absolute Gasteiger partial charge is 0.493 e. The van der Waals surface area contributed by atoms with E-state index in [-0.39, 0.29) is 43.1 Å². The molecule has 0 saturated carbocycles. The van der Waals surface area contributed by atoms with E-state index in [0.29, 0.717) is 48.4 Å². The molecule has 1 N–H and O–H groups in total. The van der Waals surface area contributed by atoms with Gasteiger partial charge in [-0.2, -0.15) is 0 Å². The van der Waals surface area contributed by atoms with Crippen molar-refractivity contribution >= 4 is 27.9 Å². The molecular formula is C30H33BrO13. The van der Waals surface area contributed by atoms with Crippen molar-refractivity contribution in [2.75, 3.05) is 46.3 Å². The normalized spacial score (nSPS) is 29.6. The Bertz CT molecular complexity index is 1350. The number of methoxy groups -OCH3 is 2. The minimum atomic E-state index is -0.709. The summed E-state index contributed by atoms with van der Waals surface area (Å²) in [7, 11) is 3.00. The van der Waals surface area contributed by atoms with Gasteiger partial charge in [0.1, 0.15) is 24.3 Å². The number of carbonyl (C=O) groups excluding carboxylic acids is 2. The Morgan fingerprint density at radius 1 is 1.05 bits per heavy atom. The number of rotatable bonds is 6. The molecule has 7 rings (SSSR count). The summed E-state index contributed by atoms with van der Waals surface area (Å²) in [6, 6.07) is 8.99. The molecule has 0 bridgehead atoms. The Balaban J connectivity index is 0.000000195. The van der Waals surface area contributed by atoms with Gasteiger partial charge in [-0.1, -0.05) is 22.0 Å². The van der Waals surface area contributed by atoms with E-state index in [2.05, 4.69) is 15.9 Å². The average molecular weight is 681 g/mol. The van der Waals surface area contributed by atoms with Gasteiger partial charge in [-0.3, -0.25) is 9.59 Å². The number of esters is 2. The smallest absolute Gasteiger partial charge is 0.322 e. The molecule has 4 aliphatic heterocycles. The van der Waals surface area contributed by atoms with E-state index in [4.69, 9.17) is 47.4 Å². The van der Waals surface area contributed by atoms with Crippen molar-refractivity contribution in [1.29, 1.82) is 0 Å². The topological polar surface area (TPSA) is 147 Å². The average Bonchev–Trinajstić information content (AvgIpc) is 3.66. The fraction of sp³-hybridized carbons (Fsp3) is 0.533. The third-order valence-electron chi connectivity index (χ3n) is 8.15.